The predicted molar refractivity (Wildman–Crippen MR) is 149 cm³/mol. The monoisotopic (exact) mass is 734 g/mol. The third-order valence-electron chi connectivity index (χ3n) is 5.12. The fraction of sp³-hybridized carbons (Fsp3) is 0.0588. The molecule has 0 spiro atoms. The number of halogens is 6. The van der Waals surface area contributed by atoms with Gasteiger partial charge < -0.3 is 19.8 Å². The van der Waals surface area contributed by atoms with E-state index in [1.165, 1.54) is 0 Å². The first-order chi connectivity index (χ1) is 21.7. The summed E-state index contributed by atoms with van der Waals surface area (Å²) in [5.41, 5.74) is 2.62. The van der Waals surface area contributed by atoms with Gasteiger partial charge in [0.1, 0.15) is 34.0 Å². The van der Waals surface area contributed by atoms with E-state index >= 15 is 0 Å². The summed E-state index contributed by atoms with van der Waals surface area (Å²) < 4.78 is 63.1. The van der Waals surface area contributed by atoms with Gasteiger partial charge in [-0.15, -0.1) is 0 Å². The minimum atomic E-state index is -5.19. The van der Waals surface area contributed by atoms with Gasteiger partial charge in [0.15, 0.2) is 0 Å². The number of carbonyl (C=O) groups is 2. The van der Waals surface area contributed by atoms with Crippen LogP contribution in [-0.4, -0.2) is 34.3 Å². The van der Waals surface area contributed by atoms with Crippen molar-refractivity contribution < 1.29 is 66.6 Å². The molecule has 13 heteroatoms. The predicted octanol–water partition coefficient (Wildman–Crippen LogP) is 4.90. The Bertz CT molecular complexity index is 1760. The molecular formula is C34H14F6N2O4Pd. The zero-order valence-electron chi connectivity index (χ0n) is 23.2. The Kier molecular flexibility index (Phi) is 13.5. The van der Waals surface area contributed by atoms with E-state index in [1.807, 2.05) is 84.9 Å². The van der Waals surface area contributed by atoms with Gasteiger partial charge in [-0.2, -0.15) is 26.3 Å². The number of aromatic nitrogens is 2. The second-order valence-corrected chi connectivity index (χ2v) is 8.48. The van der Waals surface area contributed by atoms with E-state index in [2.05, 4.69) is 58.5 Å². The van der Waals surface area contributed by atoms with E-state index in [9.17, 15) is 26.3 Å². The van der Waals surface area contributed by atoms with E-state index in [4.69, 9.17) is 19.8 Å². The summed E-state index contributed by atoms with van der Waals surface area (Å²) in [5.74, 6) is -6.01. The molecule has 3 heterocycles. The minimum absolute atomic E-state index is 0. The van der Waals surface area contributed by atoms with Crippen molar-refractivity contribution in [1.29, 1.82) is 0 Å². The van der Waals surface area contributed by atoms with Gasteiger partial charge in [-0.25, -0.2) is 9.97 Å². The molecule has 0 amide bonds. The molecule has 0 aliphatic carbocycles. The number of hydrogen-bond acceptors (Lipinski definition) is 6. The number of carbonyl (C=O) groups excluding carboxylic acids is 2. The number of hydrogen-bond donors (Lipinski definition) is 0. The van der Waals surface area contributed by atoms with Gasteiger partial charge in [0, 0.05) is 21.5 Å². The third kappa shape index (κ3) is 12.6. The van der Waals surface area contributed by atoms with Crippen LogP contribution in [0.15, 0.2) is 84.9 Å². The Morgan fingerprint density at radius 2 is 0.660 bits per heavy atom. The number of alkyl halides is 6. The van der Waals surface area contributed by atoms with Crippen molar-refractivity contribution in [3.05, 3.63) is 133 Å². The van der Waals surface area contributed by atoms with E-state index in [-0.39, 0.29) is 20.4 Å². The molecule has 5 aromatic rings. The molecule has 0 saturated heterocycles. The number of pyridine rings is 2. The van der Waals surface area contributed by atoms with Crippen LogP contribution in [0.2, 0.25) is 0 Å². The number of aliphatic carboxylic acids is 2. The smallest absolute Gasteiger partial charge is 0.542 e. The third-order valence-corrected chi connectivity index (χ3v) is 5.12. The molecule has 4 bridgehead atoms. The van der Waals surface area contributed by atoms with Crippen molar-refractivity contribution in [2.75, 3.05) is 0 Å². The van der Waals surface area contributed by atoms with Gasteiger partial charge in [0.05, 0.1) is 0 Å². The van der Waals surface area contributed by atoms with Crippen LogP contribution >= 0.6 is 0 Å². The molecule has 0 aliphatic heterocycles. The average molecular weight is 735 g/mol. The summed E-state index contributed by atoms with van der Waals surface area (Å²) in [4.78, 5) is 26.7. The molecule has 47 heavy (non-hydrogen) atoms. The second kappa shape index (κ2) is 17.0. The SMILES string of the molecule is O=C([O-])C(F)(F)F.O=C([O-])C(F)(F)F.[Pd+2].c1c2cccc(c#cc3ccccc3c#cc3cccc(c#cc4ccccc4c#1)n3)n2. The summed E-state index contributed by atoms with van der Waals surface area (Å²) in [7, 11) is 0. The van der Waals surface area contributed by atoms with Crippen LogP contribution in [0.4, 0.5) is 26.3 Å². The van der Waals surface area contributed by atoms with Crippen molar-refractivity contribution in [1.82, 2.24) is 9.97 Å². The van der Waals surface area contributed by atoms with Crippen molar-refractivity contribution in [3.8, 4) is 0 Å². The average Bonchev–Trinajstić information content (AvgIpc) is 3.01. The van der Waals surface area contributed by atoms with Gasteiger partial charge in [-0.1, -0.05) is 60.7 Å². The van der Waals surface area contributed by atoms with Crippen molar-refractivity contribution in [2.24, 2.45) is 0 Å². The van der Waals surface area contributed by atoms with E-state index in [0.29, 0.717) is 22.1 Å². The minimum Gasteiger partial charge on any atom is -0.542 e. The fourth-order valence-corrected chi connectivity index (χ4v) is 3.08. The molecule has 0 fully saturated rings. The zero-order valence-corrected chi connectivity index (χ0v) is 24.7. The van der Waals surface area contributed by atoms with E-state index in [1.54, 1.807) is 0 Å². The normalized spacial score (nSPS) is 9.83. The molecule has 0 saturated carbocycles. The molecule has 0 radical (unpaired) electrons. The van der Waals surface area contributed by atoms with Crippen LogP contribution in [0.25, 0.3) is 43.6 Å². The van der Waals surface area contributed by atoms with Crippen molar-refractivity contribution >= 4 is 55.6 Å². The summed E-state index contributed by atoms with van der Waals surface area (Å²) in [5, 5.41) is 20.9. The van der Waals surface area contributed by atoms with Crippen LogP contribution < -0.4 is 10.2 Å². The van der Waals surface area contributed by atoms with Crippen LogP contribution in [0, 0.1) is 48.5 Å². The first-order valence-corrected chi connectivity index (χ1v) is 12.5. The molecule has 236 valence electrons. The number of benzene rings is 2. The van der Waals surface area contributed by atoms with Gasteiger partial charge >= 0.3 is 32.8 Å². The second-order valence-electron chi connectivity index (χ2n) is 8.48. The maximum Gasteiger partial charge on any atom is 2.00 e. The summed E-state index contributed by atoms with van der Waals surface area (Å²) in [6.45, 7) is 0. The van der Waals surface area contributed by atoms with E-state index < -0.39 is 24.3 Å². The molecule has 0 atom stereocenters. The van der Waals surface area contributed by atoms with Gasteiger partial charge in [0.25, 0.3) is 0 Å². The zero-order chi connectivity index (χ0) is 33.7. The molecule has 6 nitrogen and oxygen atoms in total. The van der Waals surface area contributed by atoms with Gasteiger partial charge in [-0.05, 0) is 72.8 Å². The van der Waals surface area contributed by atoms with Gasteiger partial charge in [0.2, 0.25) is 0 Å². The Hall–Kier alpha value is -5.84. The van der Waals surface area contributed by atoms with Crippen LogP contribution in [0.1, 0.15) is 0 Å². The fourth-order valence-electron chi connectivity index (χ4n) is 3.08. The molecule has 0 N–H and O–H groups in total. The molecule has 5 rings (SSSR count). The summed E-state index contributed by atoms with van der Waals surface area (Å²) >= 11 is 0. The Morgan fingerprint density at radius 3 is 0.851 bits per heavy atom. The summed E-state index contributed by atoms with van der Waals surface area (Å²) in [6, 6.07) is 52.2. The Labute approximate surface area is 277 Å². The largest absolute Gasteiger partial charge is 2.00 e. The standard InChI is InChI=1S/C30H14N2.2C2HF3O2.Pd/c1-2-8-24-16-20-28-12-6-14-30(32-28)22-18-26-10-4-3-9-25(26)17-21-29-13-5-11-27(31-29)19-15-23(24)7-1;2*3-2(4,5)1(6)7;/h1-14H;2*(H,6,7);/q;;;+2/p-2. The van der Waals surface area contributed by atoms with Gasteiger partial charge in [-0.3, -0.25) is 0 Å². The maximum atomic E-state index is 10.5. The number of fused-ring (bicyclic) bond motifs is 6. The Morgan fingerprint density at radius 1 is 0.447 bits per heavy atom. The molecule has 3 aromatic heterocycles. The van der Waals surface area contributed by atoms with Crippen LogP contribution in [0.3, 0.4) is 0 Å². The summed E-state index contributed by atoms with van der Waals surface area (Å²) in [6.07, 6.45) is -10.4. The maximum absolute atomic E-state index is 10.5. The van der Waals surface area contributed by atoms with Crippen LogP contribution in [0.5, 0.6) is 0 Å². The first-order valence-electron chi connectivity index (χ1n) is 12.5. The topological polar surface area (TPSA) is 106 Å². The number of carboxylic acid groups (broad SMARTS) is 2. The number of rotatable bonds is 0. The number of carboxylic acids is 2. The Balaban J connectivity index is 0.000000432. The van der Waals surface area contributed by atoms with Crippen LogP contribution in [-0.2, 0) is 30.0 Å². The molecule has 0 aliphatic rings. The van der Waals surface area contributed by atoms with Crippen molar-refractivity contribution in [3.63, 3.8) is 0 Å². The number of nitrogens with zero attached hydrogens (tertiary/aromatic N) is 2. The van der Waals surface area contributed by atoms with Crippen molar-refractivity contribution in [2.45, 2.75) is 12.4 Å². The quantitative estimate of drug-likeness (QED) is 0.166. The van der Waals surface area contributed by atoms with E-state index in [0.717, 1.165) is 21.5 Å². The molecule has 0 unspecified atom stereocenters. The molecule has 2 aromatic carbocycles. The molecular weight excluding hydrogens is 721 g/mol. The first kappa shape index (κ1) is 37.3.